The molecular weight excluding hydrogens is 132 g/mol. The van der Waals surface area contributed by atoms with Gasteiger partial charge in [-0.25, -0.2) is 0 Å². The van der Waals surface area contributed by atoms with Crippen LogP contribution in [0.2, 0.25) is 0 Å². The summed E-state index contributed by atoms with van der Waals surface area (Å²) in [6.45, 7) is 6.37. The fraction of sp³-hybridized carbons (Fsp3) is 0.273. The molecular formula is C11H14. The average Bonchev–Trinajstić information content (AvgIpc) is 2.13. The van der Waals surface area contributed by atoms with Gasteiger partial charge in [-0.15, -0.1) is 0 Å². The van der Waals surface area contributed by atoms with Crippen LogP contribution >= 0.6 is 0 Å². The highest BCUT2D eigenvalue weighted by molar-refractivity contribution is 5.42. The second-order valence-electron chi connectivity index (χ2n) is 3.06. The molecule has 0 amide bonds. The molecule has 1 aliphatic carbocycles. The summed E-state index contributed by atoms with van der Waals surface area (Å²) in [5.41, 5.74) is 3.98. The molecule has 0 aromatic heterocycles. The van der Waals surface area contributed by atoms with Crippen molar-refractivity contribution >= 4 is 0 Å². The van der Waals surface area contributed by atoms with E-state index < -0.39 is 0 Å². The van der Waals surface area contributed by atoms with Crippen molar-refractivity contribution in [2.24, 2.45) is 0 Å². The second kappa shape index (κ2) is 3.38. The summed E-state index contributed by atoms with van der Waals surface area (Å²) in [6, 6.07) is 0. The zero-order chi connectivity index (χ0) is 8.27. The van der Waals surface area contributed by atoms with Crippen molar-refractivity contribution in [3.05, 3.63) is 47.1 Å². The lowest BCUT2D eigenvalue weighted by Gasteiger charge is -1.94. The van der Waals surface area contributed by atoms with Gasteiger partial charge < -0.3 is 0 Å². The number of allylic oxidation sites excluding steroid dienone is 8. The quantitative estimate of drug-likeness (QED) is 0.491. The third kappa shape index (κ3) is 2.23. The van der Waals surface area contributed by atoms with Gasteiger partial charge in [0.15, 0.2) is 0 Å². The highest BCUT2D eigenvalue weighted by Crippen LogP contribution is 2.12. The predicted octanol–water partition coefficient (Wildman–Crippen LogP) is 3.40. The predicted molar refractivity (Wildman–Crippen MR) is 50.4 cm³/mol. The molecule has 0 nitrogen and oxygen atoms in total. The first-order chi connectivity index (χ1) is 5.20. The van der Waals surface area contributed by atoms with Gasteiger partial charge in [0.25, 0.3) is 0 Å². The molecule has 0 atom stereocenters. The van der Waals surface area contributed by atoms with Gasteiger partial charge in [0.05, 0.1) is 0 Å². The van der Waals surface area contributed by atoms with E-state index >= 15 is 0 Å². The number of hydrogen-bond donors (Lipinski definition) is 0. The topological polar surface area (TPSA) is 0 Å². The molecule has 0 heteroatoms. The van der Waals surface area contributed by atoms with Crippen LogP contribution in [0.4, 0.5) is 0 Å². The van der Waals surface area contributed by atoms with Crippen LogP contribution in [-0.2, 0) is 0 Å². The summed E-state index contributed by atoms with van der Waals surface area (Å²) in [7, 11) is 0. The Balaban J connectivity index is 2.97. The molecule has 58 valence electrons. The minimum atomic E-state index is 1.30. The van der Waals surface area contributed by atoms with E-state index in [0.29, 0.717) is 0 Å². The first-order valence-electron chi connectivity index (χ1n) is 3.90. The minimum absolute atomic E-state index is 1.30. The fourth-order valence-corrected chi connectivity index (χ4v) is 0.969. The third-order valence-electron chi connectivity index (χ3n) is 1.74. The van der Waals surface area contributed by atoms with Crippen molar-refractivity contribution < 1.29 is 0 Å². The van der Waals surface area contributed by atoms with E-state index in [0.717, 1.165) is 0 Å². The van der Waals surface area contributed by atoms with Gasteiger partial charge in [-0.2, -0.15) is 0 Å². The molecule has 0 N–H and O–H groups in total. The lowest BCUT2D eigenvalue weighted by atomic mass is 10.1. The third-order valence-corrected chi connectivity index (χ3v) is 1.74. The van der Waals surface area contributed by atoms with E-state index in [1.807, 2.05) is 0 Å². The zero-order valence-electron chi connectivity index (χ0n) is 7.39. The fourth-order valence-electron chi connectivity index (χ4n) is 0.969. The van der Waals surface area contributed by atoms with Crippen LogP contribution in [0.1, 0.15) is 20.8 Å². The molecule has 0 aromatic carbocycles. The molecule has 11 heavy (non-hydrogen) atoms. The van der Waals surface area contributed by atoms with E-state index in [-0.39, 0.29) is 0 Å². The molecule has 0 radical (unpaired) electrons. The van der Waals surface area contributed by atoms with Gasteiger partial charge in [-0.1, -0.05) is 41.5 Å². The van der Waals surface area contributed by atoms with E-state index in [9.17, 15) is 0 Å². The molecule has 0 heterocycles. The molecule has 0 fully saturated rings. The van der Waals surface area contributed by atoms with Crippen molar-refractivity contribution in [2.75, 3.05) is 0 Å². The van der Waals surface area contributed by atoms with Crippen LogP contribution in [0.3, 0.4) is 0 Å². The first-order valence-corrected chi connectivity index (χ1v) is 3.90. The molecule has 0 spiro atoms. The minimum Gasteiger partial charge on any atom is -0.0692 e. The molecule has 0 aliphatic heterocycles. The molecule has 1 aliphatic rings. The maximum atomic E-state index is 2.16. The lowest BCUT2D eigenvalue weighted by molar-refractivity contribution is 1.34. The Bertz CT molecular complexity index is 256. The van der Waals surface area contributed by atoms with Crippen LogP contribution < -0.4 is 0 Å². The smallest absolute Gasteiger partial charge is 0.0270 e. The van der Waals surface area contributed by atoms with Crippen molar-refractivity contribution in [2.45, 2.75) is 20.8 Å². The molecule has 0 unspecified atom stereocenters. The van der Waals surface area contributed by atoms with Gasteiger partial charge in [0, 0.05) is 0 Å². The van der Waals surface area contributed by atoms with Crippen molar-refractivity contribution in [3.8, 4) is 0 Å². The van der Waals surface area contributed by atoms with Gasteiger partial charge in [0.1, 0.15) is 0 Å². The van der Waals surface area contributed by atoms with Gasteiger partial charge >= 0.3 is 0 Å². The second-order valence-corrected chi connectivity index (χ2v) is 3.06. The van der Waals surface area contributed by atoms with E-state index in [1.54, 1.807) is 0 Å². The highest BCUT2D eigenvalue weighted by Gasteiger charge is 1.91. The Hall–Kier alpha value is -1.04. The summed E-state index contributed by atoms with van der Waals surface area (Å²) in [5.74, 6) is 0. The molecule has 1 rings (SSSR count). The number of hydrogen-bond acceptors (Lipinski definition) is 0. The SMILES string of the molecule is CC1=CC=CC(=C(C)C)C=C1. The van der Waals surface area contributed by atoms with Crippen LogP contribution in [0, 0.1) is 0 Å². The maximum Gasteiger partial charge on any atom is -0.0270 e. The maximum absolute atomic E-state index is 2.16. The standard InChI is InChI=1S/C11H14/c1-9(2)11-6-4-5-10(3)7-8-11/h4-8H,1-3H3. The van der Waals surface area contributed by atoms with Crippen LogP contribution in [0.15, 0.2) is 47.1 Å². The number of rotatable bonds is 0. The van der Waals surface area contributed by atoms with Crippen molar-refractivity contribution in [3.63, 3.8) is 0 Å². The molecule has 0 bridgehead atoms. The summed E-state index contributed by atoms with van der Waals surface area (Å²) >= 11 is 0. The average molecular weight is 146 g/mol. The van der Waals surface area contributed by atoms with Crippen LogP contribution in [-0.4, -0.2) is 0 Å². The monoisotopic (exact) mass is 146 g/mol. The van der Waals surface area contributed by atoms with Crippen molar-refractivity contribution in [1.82, 2.24) is 0 Å². The van der Waals surface area contributed by atoms with Crippen LogP contribution in [0.25, 0.3) is 0 Å². The van der Waals surface area contributed by atoms with E-state index in [1.165, 1.54) is 16.7 Å². The summed E-state index contributed by atoms with van der Waals surface area (Å²) in [4.78, 5) is 0. The Morgan fingerprint density at radius 2 is 1.82 bits per heavy atom. The van der Waals surface area contributed by atoms with Crippen LogP contribution in [0.5, 0.6) is 0 Å². The Kier molecular flexibility index (Phi) is 2.48. The molecule has 0 saturated heterocycles. The summed E-state index contributed by atoms with van der Waals surface area (Å²) in [6.07, 6.45) is 10.7. The Labute approximate surface area is 68.6 Å². The van der Waals surface area contributed by atoms with Gasteiger partial charge in [-0.3, -0.25) is 0 Å². The zero-order valence-corrected chi connectivity index (χ0v) is 7.39. The normalized spacial score (nSPS) is 16.3. The van der Waals surface area contributed by atoms with Gasteiger partial charge in [-0.05, 0) is 26.3 Å². The molecule has 0 aromatic rings. The van der Waals surface area contributed by atoms with Crippen molar-refractivity contribution in [1.29, 1.82) is 0 Å². The lowest BCUT2D eigenvalue weighted by Crippen LogP contribution is -1.74. The first kappa shape index (κ1) is 8.06. The largest absolute Gasteiger partial charge is 0.0692 e. The van der Waals surface area contributed by atoms with Gasteiger partial charge in [0.2, 0.25) is 0 Å². The summed E-state index contributed by atoms with van der Waals surface area (Å²) < 4.78 is 0. The Morgan fingerprint density at radius 3 is 2.45 bits per heavy atom. The highest BCUT2D eigenvalue weighted by atomic mass is 14.0. The molecule has 0 saturated carbocycles. The Morgan fingerprint density at radius 1 is 1.09 bits per heavy atom. The van der Waals surface area contributed by atoms with E-state index in [4.69, 9.17) is 0 Å². The summed E-state index contributed by atoms with van der Waals surface area (Å²) in [5, 5.41) is 0. The van der Waals surface area contributed by atoms with E-state index in [2.05, 4.69) is 51.2 Å².